The Balaban J connectivity index is 2.70. The first-order chi connectivity index (χ1) is 12.8. The van der Waals surface area contributed by atoms with E-state index < -0.39 is 16.4 Å². The lowest BCUT2D eigenvalue weighted by Gasteiger charge is -2.46. The molecule has 12 heteroatoms. The van der Waals surface area contributed by atoms with E-state index >= 15 is 0 Å². The Bertz CT molecular complexity index is 735. The maximum Gasteiger partial charge on any atom is 0.260 e. The maximum atomic E-state index is 6.20. The van der Waals surface area contributed by atoms with Crippen LogP contribution in [0, 0.1) is 0 Å². The molecular formula is C15H22Cl2N10. The van der Waals surface area contributed by atoms with Crippen LogP contribution in [0.1, 0.15) is 13.3 Å². The highest BCUT2D eigenvalue weighted by molar-refractivity contribution is 6.49. The van der Waals surface area contributed by atoms with Crippen molar-refractivity contribution < 1.29 is 0 Å². The standard InChI is InChI=1S/C15H22Cl2N10/c1-4-13(23-18)27(11-5-6-21-22-9-11)15(24-19)12(20-8-10(2)3)7-14(16,17)25-26-15/h4-6,9,13,23-24H,1-2,7-8,18-19H2,3H3. The molecule has 1 aromatic rings. The minimum absolute atomic E-state index is 0.0700. The van der Waals surface area contributed by atoms with E-state index in [1.807, 2.05) is 6.92 Å². The van der Waals surface area contributed by atoms with Crippen molar-refractivity contribution in [2.75, 3.05) is 11.4 Å². The van der Waals surface area contributed by atoms with Crippen LogP contribution >= 0.6 is 23.2 Å². The fraction of sp³-hybridized carbons (Fsp3) is 0.400. The number of hydrogen-bond donors (Lipinski definition) is 4. The third-order valence-corrected chi connectivity index (χ3v) is 4.15. The summed E-state index contributed by atoms with van der Waals surface area (Å²) < 4.78 is -1.48. The molecule has 0 aromatic carbocycles. The SMILES string of the molecule is C=CC(NN)N(c1ccnnc1)C1(NN)N=NC(Cl)(Cl)CC1=NCC(=C)C. The minimum Gasteiger partial charge on any atom is -0.306 e. The zero-order valence-corrected chi connectivity index (χ0v) is 16.3. The Morgan fingerprint density at radius 3 is 2.70 bits per heavy atom. The van der Waals surface area contributed by atoms with Crippen molar-refractivity contribution in [3.63, 3.8) is 0 Å². The average Bonchev–Trinajstić information content (AvgIpc) is 2.65. The number of anilines is 1. The normalized spacial score (nSPS) is 23.8. The highest BCUT2D eigenvalue weighted by atomic mass is 35.5. The van der Waals surface area contributed by atoms with Gasteiger partial charge in [0.25, 0.3) is 5.79 Å². The first-order valence-electron chi connectivity index (χ1n) is 7.92. The molecule has 0 spiro atoms. The van der Waals surface area contributed by atoms with Gasteiger partial charge in [-0.25, -0.2) is 10.9 Å². The second-order valence-corrected chi connectivity index (χ2v) is 7.34. The second-order valence-electron chi connectivity index (χ2n) is 5.90. The van der Waals surface area contributed by atoms with Gasteiger partial charge in [-0.1, -0.05) is 48.0 Å². The molecule has 6 N–H and O–H groups in total. The summed E-state index contributed by atoms with van der Waals surface area (Å²) in [6, 6.07) is 1.70. The lowest BCUT2D eigenvalue weighted by molar-refractivity contribution is 0.347. The Morgan fingerprint density at radius 1 is 1.44 bits per heavy atom. The monoisotopic (exact) mass is 412 g/mol. The molecule has 1 aliphatic heterocycles. The number of rotatable bonds is 8. The zero-order valence-electron chi connectivity index (χ0n) is 14.8. The van der Waals surface area contributed by atoms with Crippen LogP contribution in [0.25, 0.3) is 0 Å². The molecule has 0 saturated heterocycles. The molecule has 2 rings (SSSR count). The van der Waals surface area contributed by atoms with Crippen molar-refractivity contribution in [1.29, 1.82) is 0 Å². The molecule has 0 saturated carbocycles. The summed E-state index contributed by atoms with van der Waals surface area (Å²) >= 11 is 12.4. The van der Waals surface area contributed by atoms with Gasteiger partial charge < -0.3 is 4.90 Å². The molecule has 146 valence electrons. The van der Waals surface area contributed by atoms with Crippen LogP contribution in [-0.2, 0) is 0 Å². The average molecular weight is 413 g/mol. The van der Waals surface area contributed by atoms with E-state index in [0.29, 0.717) is 17.9 Å². The van der Waals surface area contributed by atoms with Gasteiger partial charge in [0, 0.05) is 6.42 Å². The molecule has 0 aliphatic carbocycles. The van der Waals surface area contributed by atoms with Gasteiger partial charge in [0.2, 0.25) is 4.46 Å². The molecule has 0 radical (unpaired) electrons. The van der Waals surface area contributed by atoms with Crippen molar-refractivity contribution in [3.8, 4) is 0 Å². The van der Waals surface area contributed by atoms with Crippen LogP contribution in [0.5, 0.6) is 0 Å². The highest BCUT2D eigenvalue weighted by Crippen LogP contribution is 2.39. The summed E-state index contributed by atoms with van der Waals surface area (Å²) in [5.41, 5.74) is 7.15. The lowest BCUT2D eigenvalue weighted by Crippen LogP contribution is -2.71. The van der Waals surface area contributed by atoms with Gasteiger partial charge in [0.1, 0.15) is 6.17 Å². The molecule has 1 aromatic heterocycles. The number of aliphatic imine (C=N–C) groups is 1. The van der Waals surface area contributed by atoms with Gasteiger partial charge in [-0.15, -0.1) is 10.2 Å². The van der Waals surface area contributed by atoms with Crippen LogP contribution in [0.15, 0.2) is 58.5 Å². The fourth-order valence-electron chi connectivity index (χ4n) is 2.55. The maximum absolute atomic E-state index is 6.20. The summed E-state index contributed by atoms with van der Waals surface area (Å²) in [5.74, 6) is 10.2. The predicted octanol–water partition coefficient (Wildman–Crippen LogP) is 1.38. The van der Waals surface area contributed by atoms with E-state index in [-0.39, 0.29) is 6.42 Å². The Kier molecular flexibility index (Phi) is 6.98. The molecule has 0 amide bonds. The van der Waals surface area contributed by atoms with E-state index in [1.165, 1.54) is 12.4 Å². The van der Waals surface area contributed by atoms with Crippen molar-refractivity contribution in [3.05, 3.63) is 43.3 Å². The summed E-state index contributed by atoms with van der Waals surface area (Å²) in [4.78, 5) is 6.24. The van der Waals surface area contributed by atoms with Gasteiger partial charge in [0.05, 0.1) is 30.3 Å². The molecule has 0 fully saturated rings. The topological polar surface area (TPSA) is 142 Å². The van der Waals surface area contributed by atoms with Gasteiger partial charge >= 0.3 is 0 Å². The summed E-state index contributed by atoms with van der Waals surface area (Å²) in [6.45, 7) is 9.84. The van der Waals surface area contributed by atoms with Crippen molar-refractivity contribution in [2.45, 2.75) is 29.8 Å². The number of azo groups is 1. The van der Waals surface area contributed by atoms with Crippen molar-refractivity contribution in [1.82, 2.24) is 21.0 Å². The quantitative estimate of drug-likeness (QED) is 0.126. The number of halogens is 2. The first kappa shape index (κ1) is 21.4. The third-order valence-electron chi connectivity index (χ3n) is 3.73. The minimum atomic E-state index is -1.48. The van der Waals surface area contributed by atoms with E-state index in [4.69, 9.17) is 34.9 Å². The number of nitrogens with one attached hydrogen (secondary N) is 2. The number of nitrogens with two attached hydrogens (primary N) is 2. The lowest BCUT2D eigenvalue weighted by atomic mass is 10.0. The second kappa shape index (κ2) is 8.83. The first-order valence-corrected chi connectivity index (χ1v) is 8.68. The molecule has 1 aliphatic rings. The van der Waals surface area contributed by atoms with Crippen LogP contribution < -0.4 is 27.4 Å². The Morgan fingerprint density at radius 2 is 2.19 bits per heavy atom. The molecule has 2 heterocycles. The van der Waals surface area contributed by atoms with Crippen molar-refractivity contribution in [2.24, 2.45) is 26.9 Å². The van der Waals surface area contributed by atoms with Crippen LogP contribution in [0.2, 0.25) is 0 Å². The molecule has 0 bridgehead atoms. The molecule has 2 atom stereocenters. The van der Waals surface area contributed by atoms with E-state index in [9.17, 15) is 0 Å². The molecule has 27 heavy (non-hydrogen) atoms. The fourth-order valence-corrected chi connectivity index (χ4v) is 2.88. The molecule has 2 unspecified atom stereocenters. The molecule has 10 nitrogen and oxygen atoms in total. The zero-order chi connectivity index (χ0) is 20.1. The van der Waals surface area contributed by atoms with Gasteiger partial charge in [-0.3, -0.25) is 16.7 Å². The molecular weight excluding hydrogens is 391 g/mol. The van der Waals surface area contributed by atoms with E-state index in [0.717, 1.165) is 5.57 Å². The third kappa shape index (κ3) is 4.67. The number of aromatic nitrogens is 2. The number of hydrazine groups is 2. The Labute approximate surface area is 167 Å². The van der Waals surface area contributed by atoms with Crippen LogP contribution in [0.3, 0.4) is 0 Å². The van der Waals surface area contributed by atoms with Gasteiger partial charge in [-0.05, 0) is 13.0 Å². The van der Waals surface area contributed by atoms with E-state index in [1.54, 1.807) is 17.0 Å². The number of nitrogens with zero attached hydrogens (tertiary/aromatic N) is 6. The van der Waals surface area contributed by atoms with Crippen LogP contribution in [0.4, 0.5) is 5.69 Å². The van der Waals surface area contributed by atoms with Crippen molar-refractivity contribution >= 4 is 34.6 Å². The van der Waals surface area contributed by atoms with Gasteiger partial charge in [-0.2, -0.15) is 10.2 Å². The summed E-state index contributed by atoms with van der Waals surface area (Å²) in [7, 11) is 0. The number of hydrogen-bond acceptors (Lipinski definition) is 10. The largest absolute Gasteiger partial charge is 0.306 e. The van der Waals surface area contributed by atoms with E-state index in [2.05, 4.69) is 49.4 Å². The Hall–Kier alpha value is -1.95. The highest BCUT2D eigenvalue weighted by Gasteiger charge is 2.50. The summed E-state index contributed by atoms with van der Waals surface area (Å²) in [6.07, 6.45) is 4.04. The number of alkyl halides is 2. The predicted molar refractivity (Wildman–Crippen MR) is 107 cm³/mol. The summed E-state index contributed by atoms with van der Waals surface area (Å²) in [5, 5.41) is 16.0. The van der Waals surface area contributed by atoms with Crippen LogP contribution in [-0.4, -0.2) is 38.9 Å². The van der Waals surface area contributed by atoms with Gasteiger partial charge in [0.15, 0.2) is 0 Å². The smallest absolute Gasteiger partial charge is 0.260 e.